The van der Waals surface area contributed by atoms with E-state index >= 15 is 0 Å². The van der Waals surface area contributed by atoms with E-state index in [0.29, 0.717) is 12.1 Å². The summed E-state index contributed by atoms with van der Waals surface area (Å²) < 4.78 is 1.59. The zero-order valence-corrected chi connectivity index (χ0v) is 14.1. The Morgan fingerprint density at radius 3 is 2.46 bits per heavy atom. The summed E-state index contributed by atoms with van der Waals surface area (Å²) in [6, 6.07) is 11.6. The number of carbonyl (C=O) groups excluding carboxylic acids is 1. The molecule has 0 aliphatic carbocycles. The molecule has 0 bridgehead atoms. The van der Waals surface area contributed by atoms with Crippen LogP contribution in [0.15, 0.2) is 53.5 Å². The lowest BCUT2D eigenvalue weighted by atomic mass is 9.87. The predicted molar refractivity (Wildman–Crippen MR) is 93.9 cm³/mol. The van der Waals surface area contributed by atoms with E-state index in [0.717, 1.165) is 11.6 Å². The Morgan fingerprint density at radius 2 is 1.88 bits per heavy atom. The van der Waals surface area contributed by atoms with Crippen molar-refractivity contribution in [2.45, 2.75) is 32.7 Å². The lowest BCUT2D eigenvalue weighted by Gasteiger charge is -2.19. The van der Waals surface area contributed by atoms with E-state index in [1.165, 1.54) is 17.1 Å². The van der Waals surface area contributed by atoms with E-state index in [1.807, 2.05) is 12.1 Å². The third-order valence-electron chi connectivity index (χ3n) is 3.75. The summed E-state index contributed by atoms with van der Waals surface area (Å²) >= 11 is 0. The summed E-state index contributed by atoms with van der Waals surface area (Å²) in [6.45, 7) is 6.93. The summed E-state index contributed by atoms with van der Waals surface area (Å²) in [5.41, 5.74) is 4.04. The quantitative estimate of drug-likeness (QED) is 0.515. The lowest BCUT2D eigenvalue weighted by Crippen LogP contribution is -2.22. The van der Waals surface area contributed by atoms with Crippen molar-refractivity contribution >= 4 is 12.0 Å². The van der Waals surface area contributed by atoms with Crippen LogP contribution in [0.5, 0.6) is 0 Å². The molecular formula is C19H22N2O3. The van der Waals surface area contributed by atoms with Gasteiger partial charge in [-0.15, -0.1) is 0 Å². The highest BCUT2D eigenvalue weighted by Crippen LogP contribution is 2.22. The molecule has 0 aliphatic rings. The molecule has 2 rings (SSSR count). The molecule has 0 atom stereocenters. The highest BCUT2D eigenvalue weighted by molar-refractivity contribution is 5.90. The normalized spacial score (nSPS) is 11.7. The number of hydrogen-bond acceptors (Lipinski definition) is 3. The number of rotatable bonds is 4. The van der Waals surface area contributed by atoms with Gasteiger partial charge in [0.25, 0.3) is 11.5 Å². The van der Waals surface area contributed by atoms with Crippen molar-refractivity contribution in [2.75, 3.05) is 0 Å². The molecule has 5 heteroatoms. The first-order valence-corrected chi connectivity index (χ1v) is 7.72. The van der Waals surface area contributed by atoms with E-state index in [1.54, 1.807) is 22.9 Å². The van der Waals surface area contributed by atoms with Gasteiger partial charge in [0.05, 0.1) is 6.54 Å². The number of amides is 1. The van der Waals surface area contributed by atoms with Gasteiger partial charge in [-0.3, -0.25) is 14.8 Å². The molecular weight excluding hydrogens is 304 g/mol. The van der Waals surface area contributed by atoms with Crippen LogP contribution in [0.4, 0.5) is 0 Å². The number of nitrogens with one attached hydrogen (secondary N) is 1. The zero-order valence-electron chi connectivity index (χ0n) is 14.1. The number of hydroxylamine groups is 1. The smallest absolute Gasteiger partial charge is 0.267 e. The molecule has 2 aromatic rings. The van der Waals surface area contributed by atoms with Gasteiger partial charge in [0.15, 0.2) is 0 Å². The van der Waals surface area contributed by atoms with Gasteiger partial charge in [-0.25, -0.2) is 5.48 Å². The molecule has 1 amide bonds. The van der Waals surface area contributed by atoms with Crippen molar-refractivity contribution in [2.24, 2.45) is 0 Å². The fraction of sp³-hybridized carbons (Fsp3) is 0.263. The van der Waals surface area contributed by atoms with Gasteiger partial charge in [-0.05, 0) is 34.8 Å². The van der Waals surface area contributed by atoms with Gasteiger partial charge in [0.2, 0.25) is 0 Å². The molecule has 0 saturated carbocycles. The Labute approximate surface area is 141 Å². The maximum Gasteiger partial charge on any atom is 0.267 e. The number of pyridine rings is 1. The lowest BCUT2D eigenvalue weighted by molar-refractivity contribution is -0.124. The number of hydrogen-bond donors (Lipinski definition) is 2. The molecule has 0 saturated heterocycles. The van der Waals surface area contributed by atoms with Crippen LogP contribution in [0.2, 0.25) is 0 Å². The molecule has 0 spiro atoms. The average molecular weight is 326 g/mol. The van der Waals surface area contributed by atoms with Crippen molar-refractivity contribution in [1.29, 1.82) is 0 Å². The first kappa shape index (κ1) is 17.7. The third kappa shape index (κ3) is 4.43. The van der Waals surface area contributed by atoms with Gasteiger partial charge in [0, 0.05) is 17.8 Å². The van der Waals surface area contributed by atoms with Gasteiger partial charge in [-0.2, -0.15) is 0 Å². The Hall–Kier alpha value is -2.66. The summed E-state index contributed by atoms with van der Waals surface area (Å²) in [7, 11) is 0. The second kappa shape index (κ2) is 7.27. The molecule has 24 heavy (non-hydrogen) atoms. The Bertz CT molecular complexity index is 797. The molecule has 0 radical (unpaired) electrons. The second-order valence-corrected chi connectivity index (χ2v) is 6.65. The van der Waals surface area contributed by atoms with Crippen LogP contribution >= 0.6 is 0 Å². The van der Waals surface area contributed by atoms with Crippen LogP contribution in [0, 0.1) is 0 Å². The summed E-state index contributed by atoms with van der Waals surface area (Å²) in [6.07, 6.45) is 4.20. The topological polar surface area (TPSA) is 71.3 Å². The van der Waals surface area contributed by atoms with E-state index in [2.05, 4.69) is 32.9 Å². The average Bonchev–Trinajstić information content (AvgIpc) is 2.55. The minimum atomic E-state index is -0.678. The molecule has 5 nitrogen and oxygen atoms in total. The van der Waals surface area contributed by atoms with E-state index in [-0.39, 0.29) is 11.0 Å². The Balaban J connectivity index is 2.23. The van der Waals surface area contributed by atoms with Gasteiger partial charge >= 0.3 is 0 Å². The molecule has 126 valence electrons. The first-order valence-electron chi connectivity index (χ1n) is 7.72. The van der Waals surface area contributed by atoms with Crippen LogP contribution in [-0.4, -0.2) is 15.7 Å². The number of nitrogens with zero attached hydrogens (tertiary/aromatic N) is 1. The summed E-state index contributed by atoms with van der Waals surface area (Å²) in [4.78, 5) is 23.4. The highest BCUT2D eigenvalue weighted by Gasteiger charge is 2.13. The first-order chi connectivity index (χ1) is 11.3. The standard InChI is InChI=1S/C19H22N2O3/c1-19(2,3)16-9-6-14(7-10-16)13-21-12-4-5-15(18(21)23)8-11-17(22)20-24/h4-12,24H,13H2,1-3H3,(H,20,22)/b11-8+. The van der Waals surface area contributed by atoms with Crippen molar-refractivity contribution < 1.29 is 10.0 Å². The molecule has 2 N–H and O–H groups in total. The van der Waals surface area contributed by atoms with E-state index in [9.17, 15) is 9.59 Å². The third-order valence-corrected chi connectivity index (χ3v) is 3.75. The zero-order chi connectivity index (χ0) is 17.7. The SMILES string of the molecule is CC(C)(C)c1ccc(Cn2cccc(/C=C/C(=O)NO)c2=O)cc1. The number of benzene rings is 1. The van der Waals surface area contributed by atoms with Gasteiger partial charge in [0.1, 0.15) is 0 Å². The maximum absolute atomic E-state index is 12.4. The fourth-order valence-corrected chi connectivity index (χ4v) is 2.32. The monoisotopic (exact) mass is 326 g/mol. The number of aromatic nitrogens is 1. The van der Waals surface area contributed by atoms with Crippen molar-refractivity contribution in [3.8, 4) is 0 Å². The molecule has 1 aromatic carbocycles. The number of carbonyl (C=O) groups is 1. The van der Waals surface area contributed by atoms with Crippen molar-refractivity contribution in [1.82, 2.24) is 10.0 Å². The van der Waals surface area contributed by atoms with Crippen molar-refractivity contribution in [3.05, 3.63) is 75.7 Å². The fourth-order valence-electron chi connectivity index (χ4n) is 2.32. The minimum absolute atomic E-state index is 0.0906. The van der Waals surface area contributed by atoms with Gasteiger partial charge < -0.3 is 4.57 Å². The van der Waals surface area contributed by atoms with Crippen LogP contribution in [-0.2, 0) is 16.8 Å². The predicted octanol–water partition coefficient (Wildman–Crippen LogP) is 2.71. The molecule has 0 unspecified atom stereocenters. The van der Waals surface area contributed by atoms with Crippen molar-refractivity contribution in [3.63, 3.8) is 0 Å². The Kier molecular flexibility index (Phi) is 5.36. The largest absolute Gasteiger partial charge is 0.311 e. The molecule has 1 aromatic heterocycles. The molecule has 0 fully saturated rings. The molecule has 0 aliphatic heterocycles. The van der Waals surface area contributed by atoms with Crippen LogP contribution in [0.25, 0.3) is 6.08 Å². The van der Waals surface area contributed by atoms with E-state index in [4.69, 9.17) is 5.21 Å². The van der Waals surface area contributed by atoms with Crippen LogP contribution in [0.1, 0.15) is 37.5 Å². The highest BCUT2D eigenvalue weighted by atomic mass is 16.5. The second-order valence-electron chi connectivity index (χ2n) is 6.65. The molecule has 1 heterocycles. The minimum Gasteiger partial charge on any atom is -0.311 e. The maximum atomic E-state index is 12.4. The van der Waals surface area contributed by atoms with Crippen LogP contribution in [0.3, 0.4) is 0 Å². The van der Waals surface area contributed by atoms with Crippen LogP contribution < -0.4 is 11.0 Å². The van der Waals surface area contributed by atoms with Gasteiger partial charge in [-0.1, -0.05) is 45.0 Å². The van der Waals surface area contributed by atoms with E-state index < -0.39 is 5.91 Å². The Morgan fingerprint density at radius 1 is 1.21 bits per heavy atom. The summed E-state index contributed by atoms with van der Waals surface area (Å²) in [5.74, 6) is -0.678. The summed E-state index contributed by atoms with van der Waals surface area (Å²) in [5, 5.41) is 8.48.